The minimum atomic E-state index is -0.989. The Bertz CT molecular complexity index is 381. The lowest BCUT2D eigenvalue weighted by molar-refractivity contribution is -0.138. The maximum absolute atomic E-state index is 10.4. The van der Waals surface area contributed by atoms with Crippen LogP contribution in [0.15, 0.2) is 23.1 Å². The molecule has 4 nitrogen and oxygen atoms in total. The zero-order valence-corrected chi connectivity index (χ0v) is 9.83. The third kappa shape index (κ3) is 3.75. The van der Waals surface area contributed by atoms with Crippen molar-refractivity contribution in [1.82, 2.24) is 0 Å². The molecule has 0 bridgehead atoms. The largest absolute Gasteiger partial charge is 0.481 e. The first-order valence-corrected chi connectivity index (χ1v) is 5.87. The summed E-state index contributed by atoms with van der Waals surface area (Å²) >= 11 is 1.42. The summed E-state index contributed by atoms with van der Waals surface area (Å²) in [5.74, 6) is -0.631. The summed E-state index contributed by atoms with van der Waals surface area (Å²) in [5.41, 5.74) is 7.41. The van der Waals surface area contributed by atoms with Crippen LogP contribution in [-0.4, -0.2) is 28.0 Å². The molecule has 0 amide bonds. The van der Waals surface area contributed by atoms with Crippen LogP contribution in [0.1, 0.15) is 12.0 Å². The minimum absolute atomic E-state index is 0.228. The van der Waals surface area contributed by atoms with Gasteiger partial charge in [-0.2, -0.15) is 0 Å². The normalized spacial score (nSPS) is 12.4. The molecular weight excluding hydrogens is 226 g/mol. The number of aliphatic hydroxyl groups excluding tert-OH is 1. The molecule has 0 saturated carbocycles. The second kappa shape index (κ2) is 5.77. The van der Waals surface area contributed by atoms with Crippen molar-refractivity contribution >= 4 is 23.4 Å². The molecule has 0 fully saturated rings. The summed E-state index contributed by atoms with van der Waals surface area (Å²) in [6.45, 7) is 1.90. The number of hydrogen-bond donors (Lipinski definition) is 3. The quantitative estimate of drug-likeness (QED) is 0.537. The van der Waals surface area contributed by atoms with Crippen molar-refractivity contribution in [2.24, 2.45) is 0 Å². The SMILES string of the molecule is Cc1c(N)cccc1SCC(O)CC(=O)O. The maximum atomic E-state index is 10.4. The highest BCUT2D eigenvalue weighted by molar-refractivity contribution is 7.99. The van der Waals surface area contributed by atoms with Crippen LogP contribution in [0.3, 0.4) is 0 Å². The Labute approximate surface area is 98.5 Å². The van der Waals surface area contributed by atoms with Crippen LogP contribution in [-0.2, 0) is 4.79 Å². The second-order valence-corrected chi connectivity index (χ2v) is 4.59. The summed E-state index contributed by atoms with van der Waals surface area (Å²) in [4.78, 5) is 11.3. The summed E-state index contributed by atoms with van der Waals surface area (Å²) in [6, 6.07) is 5.56. The molecule has 0 aliphatic rings. The molecule has 16 heavy (non-hydrogen) atoms. The van der Waals surface area contributed by atoms with Gasteiger partial charge in [0.1, 0.15) is 0 Å². The number of carboxylic acid groups (broad SMARTS) is 1. The molecule has 0 saturated heterocycles. The Morgan fingerprint density at radius 2 is 2.25 bits per heavy atom. The average Bonchev–Trinajstić information content (AvgIpc) is 2.19. The van der Waals surface area contributed by atoms with Crippen molar-refractivity contribution < 1.29 is 15.0 Å². The molecule has 5 heteroatoms. The van der Waals surface area contributed by atoms with Crippen molar-refractivity contribution in [3.8, 4) is 0 Å². The highest BCUT2D eigenvalue weighted by Gasteiger charge is 2.11. The van der Waals surface area contributed by atoms with Crippen molar-refractivity contribution in [1.29, 1.82) is 0 Å². The smallest absolute Gasteiger partial charge is 0.306 e. The van der Waals surface area contributed by atoms with Gasteiger partial charge in [0.25, 0.3) is 0 Å². The van der Waals surface area contributed by atoms with Gasteiger partial charge in [-0.1, -0.05) is 6.07 Å². The Morgan fingerprint density at radius 3 is 2.88 bits per heavy atom. The lowest BCUT2D eigenvalue weighted by atomic mass is 10.2. The predicted molar refractivity (Wildman–Crippen MR) is 64.6 cm³/mol. The summed E-state index contributed by atoms with van der Waals surface area (Å²) in [5, 5.41) is 17.9. The minimum Gasteiger partial charge on any atom is -0.481 e. The highest BCUT2D eigenvalue weighted by atomic mass is 32.2. The first kappa shape index (κ1) is 12.9. The van der Waals surface area contributed by atoms with E-state index < -0.39 is 12.1 Å². The standard InChI is InChI=1S/C11H15NO3S/c1-7-9(12)3-2-4-10(7)16-6-8(13)5-11(14)15/h2-4,8,13H,5-6,12H2,1H3,(H,14,15). The Hall–Kier alpha value is -1.20. The number of nitrogen functional groups attached to an aromatic ring is 1. The van der Waals surface area contributed by atoms with E-state index in [2.05, 4.69) is 0 Å². The molecular formula is C11H15NO3S. The molecule has 0 heterocycles. The highest BCUT2D eigenvalue weighted by Crippen LogP contribution is 2.26. The van der Waals surface area contributed by atoms with Gasteiger partial charge in [0.15, 0.2) is 0 Å². The molecule has 1 unspecified atom stereocenters. The van der Waals surface area contributed by atoms with Gasteiger partial charge >= 0.3 is 5.97 Å². The zero-order chi connectivity index (χ0) is 12.1. The van der Waals surface area contributed by atoms with Crippen molar-refractivity contribution in [2.75, 3.05) is 11.5 Å². The van der Waals surface area contributed by atoms with Gasteiger partial charge in [0.2, 0.25) is 0 Å². The lowest BCUT2D eigenvalue weighted by Gasteiger charge is -2.10. The topological polar surface area (TPSA) is 83.5 Å². The van der Waals surface area contributed by atoms with Gasteiger partial charge in [-0.25, -0.2) is 0 Å². The van der Waals surface area contributed by atoms with Crippen molar-refractivity contribution in [3.05, 3.63) is 23.8 Å². The number of aliphatic hydroxyl groups is 1. The molecule has 0 aromatic heterocycles. The molecule has 0 aliphatic carbocycles. The molecule has 4 N–H and O–H groups in total. The first-order chi connectivity index (χ1) is 7.50. The number of aliphatic carboxylic acids is 1. The van der Waals surface area contributed by atoms with E-state index in [0.717, 1.165) is 10.5 Å². The number of rotatable bonds is 5. The number of carboxylic acids is 1. The van der Waals surface area contributed by atoms with Crippen LogP contribution in [0.25, 0.3) is 0 Å². The molecule has 0 aliphatic heterocycles. The molecule has 1 rings (SSSR count). The summed E-state index contributed by atoms with van der Waals surface area (Å²) in [6.07, 6.45) is -1.06. The van der Waals surface area contributed by atoms with Gasteiger partial charge in [0.05, 0.1) is 12.5 Å². The lowest BCUT2D eigenvalue weighted by Crippen LogP contribution is -2.15. The monoisotopic (exact) mass is 241 g/mol. The van der Waals surface area contributed by atoms with E-state index in [1.807, 2.05) is 25.1 Å². The van der Waals surface area contributed by atoms with Gasteiger partial charge in [-0.05, 0) is 24.6 Å². The molecule has 0 radical (unpaired) electrons. The zero-order valence-electron chi connectivity index (χ0n) is 9.01. The molecule has 1 aromatic rings. The Kier molecular flexibility index (Phi) is 4.64. The van der Waals surface area contributed by atoms with Crippen LogP contribution in [0, 0.1) is 6.92 Å². The fourth-order valence-corrected chi connectivity index (χ4v) is 2.23. The molecule has 1 aromatic carbocycles. The van der Waals surface area contributed by atoms with Gasteiger partial charge < -0.3 is 15.9 Å². The van der Waals surface area contributed by atoms with Crippen LogP contribution in [0.4, 0.5) is 5.69 Å². The number of nitrogens with two attached hydrogens (primary N) is 1. The van der Waals surface area contributed by atoms with Gasteiger partial charge in [0, 0.05) is 16.3 Å². The van der Waals surface area contributed by atoms with Crippen molar-refractivity contribution in [2.45, 2.75) is 24.3 Å². The van der Waals surface area contributed by atoms with Crippen LogP contribution < -0.4 is 5.73 Å². The second-order valence-electron chi connectivity index (χ2n) is 3.53. The third-order valence-corrected chi connectivity index (χ3v) is 3.47. The number of anilines is 1. The Balaban J connectivity index is 2.54. The predicted octanol–water partition coefficient (Wildman–Crippen LogP) is 1.50. The van der Waals surface area contributed by atoms with Gasteiger partial charge in [-0.3, -0.25) is 4.79 Å². The van der Waals surface area contributed by atoms with Crippen LogP contribution in [0.2, 0.25) is 0 Å². The summed E-state index contributed by atoms with van der Waals surface area (Å²) < 4.78 is 0. The number of carbonyl (C=O) groups is 1. The average molecular weight is 241 g/mol. The van der Waals surface area contributed by atoms with Crippen LogP contribution in [0.5, 0.6) is 0 Å². The van der Waals surface area contributed by atoms with E-state index in [1.54, 1.807) is 0 Å². The fourth-order valence-electron chi connectivity index (χ4n) is 1.23. The third-order valence-electron chi connectivity index (χ3n) is 2.17. The Morgan fingerprint density at radius 1 is 1.56 bits per heavy atom. The fraction of sp³-hybridized carbons (Fsp3) is 0.364. The summed E-state index contributed by atoms with van der Waals surface area (Å²) in [7, 11) is 0. The van der Waals surface area contributed by atoms with E-state index in [0.29, 0.717) is 11.4 Å². The molecule has 88 valence electrons. The number of hydrogen-bond acceptors (Lipinski definition) is 4. The van der Waals surface area contributed by atoms with Crippen LogP contribution >= 0.6 is 11.8 Å². The van der Waals surface area contributed by atoms with E-state index in [9.17, 15) is 9.90 Å². The van der Waals surface area contributed by atoms with E-state index in [-0.39, 0.29) is 6.42 Å². The van der Waals surface area contributed by atoms with Gasteiger partial charge in [-0.15, -0.1) is 11.8 Å². The van der Waals surface area contributed by atoms with Crippen molar-refractivity contribution in [3.63, 3.8) is 0 Å². The van der Waals surface area contributed by atoms with E-state index in [4.69, 9.17) is 10.8 Å². The van der Waals surface area contributed by atoms with E-state index in [1.165, 1.54) is 11.8 Å². The molecule has 1 atom stereocenters. The van der Waals surface area contributed by atoms with E-state index >= 15 is 0 Å². The number of thioether (sulfide) groups is 1. The number of benzene rings is 1. The molecule has 0 spiro atoms. The maximum Gasteiger partial charge on any atom is 0.306 e. The first-order valence-electron chi connectivity index (χ1n) is 4.88.